The number of imidazole rings is 1. The Morgan fingerprint density at radius 3 is 2.40 bits per heavy atom. The second-order valence-corrected chi connectivity index (χ2v) is 12.2. The molecule has 0 bridgehead atoms. The van der Waals surface area contributed by atoms with Crippen LogP contribution in [0.5, 0.6) is 17.2 Å². The van der Waals surface area contributed by atoms with Crippen molar-refractivity contribution >= 4 is 44.0 Å². The van der Waals surface area contributed by atoms with Crippen LogP contribution in [0.1, 0.15) is 16.8 Å². The lowest BCUT2D eigenvalue weighted by atomic mass is 10.1. The van der Waals surface area contributed by atoms with Gasteiger partial charge in [0.05, 0.1) is 42.4 Å². The number of amides is 2. The molecule has 0 aliphatic heterocycles. The third-order valence-electron chi connectivity index (χ3n) is 6.20. The van der Waals surface area contributed by atoms with Crippen LogP contribution < -0.4 is 25.3 Å². The maximum atomic E-state index is 14.0. The van der Waals surface area contributed by atoms with Crippen molar-refractivity contribution in [1.82, 2.24) is 19.3 Å². The van der Waals surface area contributed by atoms with Gasteiger partial charge in [0.2, 0.25) is 5.91 Å². The molecule has 2 aromatic heterocycles. The molecule has 4 aromatic rings. The molecule has 0 radical (unpaired) electrons. The predicted molar refractivity (Wildman–Crippen MR) is 153 cm³/mol. The molecule has 0 aliphatic carbocycles. The van der Waals surface area contributed by atoms with E-state index in [1.54, 1.807) is 25.3 Å². The summed E-state index contributed by atoms with van der Waals surface area (Å²) in [5, 5.41) is 2.10. The minimum absolute atomic E-state index is 0.108. The number of primary amides is 1. The normalized spacial score (nSPS) is 12.1. The van der Waals surface area contributed by atoms with Crippen LogP contribution in [0.25, 0.3) is 11.0 Å². The highest BCUT2D eigenvalue weighted by Gasteiger charge is 2.32. The Labute approximate surface area is 245 Å². The summed E-state index contributed by atoms with van der Waals surface area (Å²) in [7, 11) is -1.31. The van der Waals surface area contributed by atoms with Gasteiger partial charge in [0, 0.05) is 34.6 Å². The van der Waals surface area contributed by atoms with Crippen molar-refractivity contribution in [2.24, 2.45) is 5.73 Å². The molecule has 13 nitrogen and oxygen atoms in total. The average molecular weight is 616 g/mol. The number of benzene rings is 2. The fourth-order valence-corrected chi connectivity index (χ4v) is 7.17. The van der Waals surface area contributed by atoms with E-state index >= 15 is 0 Å². The molecule has 0 aliphatic rings. The molecule has 3 N–H and O–H groups in total. The molecule has 222 valence electrons. The number of aryl methyl sites for hydroxylation is 1. The third kappa shape index (κ3) is 6.42. The van der Waals surface area contributed by atoms with Crippen LogP contribution in [0.4, 0.5) is 0 Å². The zero-order valence-corrected chi connectivity index (χ0v) is 24.9. The smallest absolute Gasteiger partial charge is 0.338 e. The zero-order valence-electron chi connectivity index (χ0n) is 23.2. The Balaban J connectivity index is 1.69. The quantitative estimate of drug-likeness (QED) is 0.222. The fraction of sp³-hybridized carbons (Fsp3) is 0.259. The molecule has 0 saturated carbocycles. The highest BCUT2D eigenvalue weighted by molar-refractivity contribution is 7.93. The number of aromatic nitrogens is 3. The van der Waals surface area contributed by atoms with Crippen LogP contribution in [0.2, 0.25) is 0 Å². The van der Waals surface area contributed by atoms with Crippen LogP contribution >= 0.6 is 0 Å². The van der Waals surface area contributed by atoms with Crippen LogP contribution in [0, 0.1) is 13.8 Å². The number of ether oxygens (including phenoxy) is 3. The van der Waals surface area contributed by atoms with E-state index in [1.807, 2.05) is 6.92 Å². The van der Waals surface area contributed by atoms with Gasteiger partial charge in [-0.25, -0.2) is 8.42 Å². The van der Waals surface area contributed by atoms with Crippen molar-refractivity contribution in [3.05, 3.63) is 65.5 Å². The summed E-state index contributed by atoms with van der Waals surface area (Å²) in [5.41, 5.74) is 7.45. The molecule has 0 spiro atoms. The molecule has 42 heavy (non-hydrogen) atoms. The molecule has 2 amide bonds. The summed E-state index contributed by atoms with van der Waals surface area (Å²) in [5.74, 6) is -0.118. The van der Waals surface area contributed by atoms with Crippen molar-refractivity contribution < 1.29 is 36.8 Å². The predicted octanol–water partition coefficient (Wildman–Crippen LogP) is 1.59. The van der Waals surface area contributed by atoms with Gasteiger partial charge in [0.25, 0.3) is 15.9 Å². The van der Waals surface area contributed by atoms with Gasteiger partial charge in [-0.3, -0.25) is 14.6 Å². The van der Waals surface area contributed by atoms with Gasteiger partial charge < -0.3 is 29.8 Å². The van der Waals surface area contributed by atoms with Crippen molar-refractivity contribution in [1.29, 1.82) is 0 Å². The van der Waals surface area contributed by atoms with Crippen LogP contribution in [0.3, 0.4) is 0 Å². The molecular formula is C27H29N5O8S2. The first-order chi connectivity index (χ1) is 20.0. The summed E-state index contributed by atoms with van der Waals surface area (Å²) in [6, 6.07) is 10.0. The second kappa shape index (κ2) is 12.7. The summed E-state index contributed by atoms with van der Waals surface area (Å²) in [4.78, 5) is 31.3. The SMILES string of the molecule is COc1ccc2c(c1)nc([S+]([O-])Cc1ncc(C)c(OC)c1C)n2S(=O)(=O)c1ccc(OCC(=O)NCC(N)=O)cc1. The second-order valence-electron chi connectivity index (χ2n) is 9.06. The Kier molecular flexibility index (Phi) is 9.23. The van der Waals surface area contributed by atoms with Gasteiger partial charge >= 0.3 is 5.16 Å². The van der Waals surface area contributed by atoms with E-state index in [-0.39, 0.29) is 39.1 Å². The Bertz CT molecular complexity index is 1740. The van der Waals surface area contributed by atoms with E-state index in [4.69, 9.17) is 19.9 Å². The van der Waals surface area contributed by atoms with Gasteiger partial charge in [-0.2, -0.15) is 8.96 Å². The molecule has 2 aromatic carbocycles. The number of carbonyl (C=O) groups is 2. The lowest BCUT2D eigenvalue weighted by Gasteiger charge is -2.15. The highest BCUT2D eigenvalue weighted by Crippen LogP contribution is 2.32. The summed E-state index contributed by atoms with van der Waals surface area (Å²) in [6.07, 6.45) is 1.61. The van der Waals surface area contributed by atoms with E-state index < -0.39 is 39.6 Å². The molecule has 4 rings (SSSR count). The van der Waals surface area contributed by atoms with Gasteiger partial charge in [0.1, 0.15) is 17.2 Å². The maximum Gasteiger partial charge on any atom is 0.338 e. The zero-order chi connectivity index (χ0) is 30.6. The number of rotatable bonds is 12. The number of methoxy groups -OCH3 is 2. The molecule has 2 heterocycles. The Hall–Kier alpha value is -4.34. The van der Waals surface area contributed by atoms with Gasteiger partial charge in [-0.1, -0.05) is 0 Å². The van der Waals surface area contributed by atoms with Crippen molar-refractivity contribution in [2.75, 3.05) is 27.4 Å². The average Bonchev–Trinajstić information content (AvgIpc) is 3.36. The van der Waals surface area contributed by atoms with Gasteiger partial charge in [-0.05, 0) is 50.2 Å². The van der Waals surface area contributed by atoms with Crippen LogP contribution in [0.15, 0.2) is 58.7 Å². The molecule has 0 saturated heterocycles. The Morgan fingerprint density at radius 2 is 1.76 bits per heavy atom. The lowest BCUT2D eigenvalue weighted by molar-refractivity contribution is -0.126. The van der Waals surface area contributed by atoms with E-state index in [1.165, 1.54) is 44.6 Å². The molecule has 15 heteroatoms. The number of fused-ring (bicyclic) bond motifs is 1. The van der Waals surface area contributed by atoms with E-state index in [9.17, 15) is 22.6 Å². The van der Waals surface area contributed by atoms with E-state index in [2.05, 4.69) is 15.3 Å². The minimum atomic E-state index is -4.32. The maximum absolute atomic E-state index is 14.0. The standard InChI is InChI=1S/C27H29N5O8S2/c1-16-12-29-22(17(2)26(16)39-4)15-41(35)27-31-21-11-19(38-3)7-10-23(21)32(27)42(36,37)20-8-5-18(6-9-20)40-14-25(34)30-13-24(28)33/h5-12H,13-15H2,1-4H3,(H2,28,33)(H,30,34). The number of nitrogens with one attached hydrogen (secondary N) is 1. The number of nitrogens with zero attached hydrogens (tertiary/aromatic N) is 3. The molecular weight excluding hydrogens is 586 g/mol. The number of pyridine rings is 1. The topological polar surface area (TPSA) is 188 Å². The summed E-state index contributed by atoms with van der Waals surface area (Å²) in [6.45, 7) is 2.89. The van der Waals surface area contributed by atoms with Crippen molar-refractivity contribution in [3.8, 4) is 17.2 Å². The number of hydrogen-bond acceptors (Lipinski definition) is 10. The van der Waals surface area contributed by atoms with E-state index in [0.717, 1.165) is 9.54 Å². The Morgan fingerprint density at radius 1 is 1.07 bits per heavy atom. The van der Waals surface area contributed by atoms with Gasteiger partial charge in [0.15, 0.2) is 12.4 Å². The first-order valence-electron chi connectivity index (χ1n) is 12.4. The van der Waals surface area contributed by atoms with Gasteiger partial charge in [-0.15, -0.1) is 0 Å². The number of nitrogens with two attached hydrogens (primary N) is 1. The van der Waals surface area contributed by atoms with Crippen LogP contribution in [-0.4, -0.2) is 66.1 Å². The van der Waals surface area contributed by atoms with Crippen molar-refractivity contribution in [3.63, 3.8) is 0 Å². The number of hydrogen-bond donors (Lipinski definition) is 2. The van der Waals surface area contributed by atoms with Crippen molar-refractivity contribution in [2.45, 2.75) is 29.7 Å². The number of carbonyl (C=O) groups excluding carboxylic acids is 2. The largest absolute Gasteiger partial charge is 0.609 e. The highest BCUT2D eigenvalue weighted by atomic mass is 32.2. The monoisotopic (exact) mass is 615 g/mol. The summed E-state index contributed by atoms with van der Waals surface area (Å²) < 4.78 is 58.7. The minimum Gasteiger partial charge on any atom is -0.609 e. The fourth-order valence-electron chi connectivity index (χ4n) is 4.12. The molecule has 0 fully saturated rings. The first-order valence-corrected chi connectivity index (χ1v) is 15.2. The molecule has 1 atom stereocenters. The molecule has 1 unspecified atom stereocenters. The first kappa shape index (κ1) is 30.6. The summed E-state index contributed by atoms with van der Waals surface area (Å²) >= 11 is -1.94. The lowest BCUT2D eigenvalue weighted by Crippen LogP contribution is -2.36. The van der Waals surface area contributed by atoms with E-state index in [0.29, 0.717) is 22.8 Å². The van der Waals surface area contributed by atoms with Crippen LogP contribution in [-0.2, 0) is 36.5 Å². The third-order valence-corrected chi connectivity index (χ3v) is 9.25.